The maximum atomic E-state index is 13.0. The lowest BCUT2D eigenvalue weighted by molar-refractivity contribution is -0.138. The molecule has 4 nitrogen and oxygen atoms in total. The van der Waals surface area contributed by atoms with E-state index in [9.17, 15) is 18.0 Å². The maximum Gasteiger partial charge on any atom is 0.420 e. The molecule has 0 atom stereocenters. The summed E-state index contributed by atoms with van der Waals surface area (Å²) in [4.78, 5) is 14.5. The first kappa shape index (κ1) is 15.3. The minimum absolute atomic E-state index is 0.229. The zero-order valence-corrected chi connectivity index (χ0v) is 11.8. The third-order valence-electron chi connectivity index (χ3n) is 2.44. The van der Waals surface area contributed by atoms with Crippen molar-refractivity contribution in [3.63, 3.8) is 0 Å². The number of carboxylic acids is 1. The van der Waals surface area contributed by atoms with E-state index in [1.54, 1.807) is 0 Å². The third-order valence-corrected chi connectivity index (χ3v) is 2.93. The SMILES string of the molecule is O=C(O)c1ncccc1Oc1ccc(Br)cc1C(F)(F)F. The fourth-order valence-electron chi connectivity index (χ4n) is 1.56. The average molecular weight is 362 g/mol. The zero-order valence-electron chi connectivity index (χ0n) is 10.2. The number of rotatable bonds is 3. The molecule has 0 saturated heterocycles. The summed E-state index contributed by atoms with van der Waals surface area (Å²) in [6, 6.07) is 5.92. The number of benzene rings is 1. The second kappa shape index (κ2) is 5.72. The van der Waals surface area contributed by atoms with Crippen molar-refractivity contribution in [1.29, 1.82) is 0 Å². The number of hydrogen-bond donors (Lipinski definition) is 1. The summed E-state index contributed by atoms with van der Waals surface area (Å²) in [6.45, 7) is 0. The van der Waals surface area contributed by atoms with Crippen LogP contribution >= 0.6 is 15.9 Å². The van der Waals surface area contributed by atoms with Crippen molar-refractivity contribution in [2.45, 2.75) is 6.18 Å². The van der Waals surface area contributed by atoms with E-state index in [1.807, 2.05) is 0 Å². The minimum Gasteiger partial charge on any atom is -0.476 e. The molecule has 0 aliphatic heterocycles. The van der Waals surface area contributed by atoms with Crippen LogP contribution < -0.4 is 4.74 Å². The van der Waals surface area contributed by atoms with Crippen LogP contribution in [0, 0.1) is 0 Å². The van der Waals surface area contributed by atoms with Gasteiger partial charge in [0.1, 0.15) is 5.75 Å². The Labute approximate surface area is 125 Å². The van der Waals surface area contributed by atoms with Crippen molar-refractivity contribution in [2.75, 3.05) is 0 Å². The molecule has 21 heavy (non-hydrogen) atoms. The minimum atomic E-state index is -4.63. The Kier molecular flexibility index (Phi) is 4.17. The van der Waals surface area contributed by atoms with Gasteiger partial charge in [-0.1, -0.05) is 15.9 Å². The number of carboxylic acid groups (broad SMARTS) is 1. The van der Waals surface area contributed by atoms with Crippen LogP contribution in [0.3, 0.4) is 0 Å². The van der Waals surface area contributed by atoms with E-state index in [0.717, 1.165) is 12.1 Å². The quantitative estimate of drug-likeness (QED) is 0.882. The van der Waals surface area contributed by atoms with Gasteiger partial charge in [-0.15, -0.1) is 0 Å². The van der Waals surface area contributed by atoms with E-state index in [4.69, 9.17) is 9.84 Å². The fraction of sp³-hybridized carbons (Fsp3) is 0.0769. The number of halogens is 4. The third kappa shape index (κ3) is 3.52. The van der Waals surface area contributed by atoms with Gasteiger partial charge in [0.15, 0.2) is 11.4 Å². The first-order chi connectivity index (χ1) is 9.79. The van der Waals surface area contributed by atoms with Crippen LogP contribution in [0.1, 0.15) is 16.1 Å². The van der Waals surface area contributed by atoms with Gasteiger partial charge in [0, 0.05) is 10.7 Å². The van der Waals surface area contributed by atoms with Gasteiger partial charge in [0.25, 0.3) is 0 Å². The molecule has 2 aromatic rings. The number of carbonyl (C=O) groups is 1. The Morgan fingerprint density at radius 3 is 2.57 bits per heavy atom. The van der Waals surface area contributed by atoms with Crippen molar-refractivity contribution >= 4 is 21.9 Å². The molecule has 0 saturated carbocycles. The Morgan fingerprint density at radius 1 is 1.24 bits per heavy atom. The Bertz CT molecular complexity index is 689. The van der Waals surface area contributed by atoms with Gasteiger partial charge in [0.2, 0.25) is 0 Å². The summed E-state index contributed by atoms with van der Waals surface area (Å²) in [5, 5.41) is 8.94. The van der Waals surface area contributed by atoms with Crippen LogP contribution in [0.15, 0.2) is 41.0 Å². The molecule has 0 radical (unpaired) electrons. The molecule has 1 aromatic heterocycles. The van der Waals surface area contributed by atoms with Crippen LogP contribution in [0.4, 0.5) is 13.2 Å². The molecule has 0 amide bonds. The molecule has 0 fully saturated rings. The van der Waals surface area contributed by atoms with Crippen LogP contribution in [0.2, 0.25) is 0 Å². The first-order valence-corrected chi connectivity index (χ1v) is 6.31. The highest BCUT2D eigenvalue weighted by molar-refractivity contribution is 9.10. The van der Waals surface area contributed by atoms with Crippen LogP contribution in [-0.2, 0) is 6.18 Å². The van der Waals surface area contributed by atoms with Crippen LogP contribution in [-0.4, -0.2) is 16.1 Å². The highest BCUT2D eigenvalue weighted by Crippen LogP contribution is 2.39. The van der Waals surface area contributed by atoms with Crippen LogP contribution in [0.25, 0.3) is 0 Å². The highest BCUT2D eigenvalue weighted by Gasteiger charge is 2.35. The number of nitrogens with zero attached hydrogens (tertiary/aromatic N) is 1. The summed E-state index contributed by atoms with van der Waals surface area (Å²) in [5.74, 6) is -2.16. The molecule has 110 valence electrons. The monoisotopic (exact) mass is 361 g/mol. The first-order valence-electron chi connectivity index (χ1n) is 5.52. The van der Waals surface area contributed by atoms with Gasteiger partial charge in [-0.05, 0) is 30.3 Å². The van der Waals surface area contributed by atoms with Gasteiger partial charge in [-0.3, -0.25) is 0 Å². The number of alkyl halides is 3. The number of ether oxygens (including phenoxy) is 1. The molecule has 0 spiro atoms. The number of hydrogen-bond acceptors (Lipinski definition) is 3. The molecule has 2 rings (SSSR count). The topological polar surface area (TPSA) is 59.4 Å². The molecule has 8 heteroatoms. The van der Waals surface area contributed by atoms with Gasteiger partial charge >= 0.3 is 12.1 Å². The van der Waals surface area contributed by atoms with Crippen molar-refractivity contribution in [2.24, 2.45) is 0 Å². The second-order valence-corrected chi connectivity index (χ2v) is 4.81. The standard InChI is InChI=1S/C13H7BrF3NO3/c14-7-3-4-9(8(6-7)13(15,16)17)21-10-2-1-5-18-11(10)12(19)20/h1-6H,(H,19,20). The second-order valence-electron chi connectivity index (χ2n) is 3.90. The van der Waals surface area contributed by atoms with Gasteiger partial charge < -0.3 is 9.84 Å². The largest absolute Gasteiger partial charge is 0.476 e. The van der Waals surface area contributed by atoms with Gasteiger partial charge in [-0.2, -0.15) is 13.2 Å². The fourth-order valence-corrected chi connectivity index (χ4v) is 1.93. The molecule has 1 aromatic carbocycles. The van der Waals surface area contributed by atoms with Gasteiger partial charge in [0.05, 0.1) is 5.56 Å². The van der Waals surface area contributed by atoms with E-state index >= 15 is 0 Å². The van der Waals surface area contributed by atoms with Crippen LogP contribution in [0.5, 0.6) is 11.5 Å². The maximum absolute atomic E-state index is 13.0. The molecule has 0 aliphatic carbocycles. The lowest BCUT2D eigenvalue weighted by atomic mass is 10.2. The predicted molar refractivity (Wildman–Crippen MR) is 70.4 cm³/mol. The van der Waals surface area contributed by atoms with E-state index in [2.05, 4.69) is 20.9 Å². The Morgan fingerprint density at radius 2 is 1.95 bits per heavy atom. The Hall–Kier alpha value is -2.09. The number of aromatic nitrogens is 1. The summed E-state index contributed by atoms with van der Waals surface area (Å²) in [5.41, 5.74) is -1.48. The Balaban J connectivity index is 2.48. The summed E-state index contributed by atoms with van der Waals surface area (Å²) in [6.07, 6.45) is -3.42. The molecule has 1 heterocycles. The lowest BCUT2D eigenvalue weighted by Crippen LogP contribution is -2.08. The number of pyridine rings is 1. The molecule has 1 N–H and O–H groups in total. The summed E-state index contributed by atoms with van der Waals surface area (Å²) < 4.78 is 44.2. The average Bonchev–Trinajstić information content (AvgIpc) is 2.40. The molecule has 0 unspecified atom stereocenters. The molecule has 0 aliphatic rings. The summed E-state index contributed by atoms with van der Waals surface area (Å²) in [7, 11) is 0. The van der Waals surface area contributed by atoms with Crippen molar-refractivity contribution in [1.82, 2.24) is 4.98 Å². The zero-order chi connectivity index (χ0) is 15.6. The highest BCUT2D eigenvalue weighted by atomic mass is 79.9. The summed E-state index contributed by atoms with van der Waals surface area (Å²) >= 11 is 2.95. The molecular formula is C13H7BrF3NO3. The molecular weight excluding hydrogens is 355 g/mol. The van der Waals surface area contributed by atoms with E-state index in [1.165, 1.54) is 24.4 Å². The van der Waals surface area contributed by atoms with Gasteiger partial charge in [-0.25, -0.2) is 9.78 Å². The van der Waals surface area contributed by atoms with Crippen molar-refractivity contribution < 1.29 is 27.8 Å². The van der Waals surface area contributed by atoms with E-state index in [0.29, 0.717) is 0 Å². The smallest absolute Gasteiger partial charge is 0.420 e. The number of aromatic carboxylic acids is 1. The van der Waals surface area contributed by atoms with Crippen molar-refractivity contribution in [3.05, 3.63) is 52.3 Å². The normalized spacial score (nSPS) is 11.2. The van der Waals surface area contributed by atoms with E-state index in [-0.39, 0.29) is 10.2 Å². The lowest BCUT2D eigenvalue weighted by Gasteiger charge is -2.14. The van der Waals surface area contributed by atoms with E-state index < -0.39 is 29.2 Å². The van der Waals surface area contributed by atoms with Crippen molar-refractivity contribution in [3.8, 4) is 11.5 Å². The molecule has 0 bridgehead atoms. The predicted octanol–water partition coefficient (Wildman–Crippen LogP) is 4.35.